The zero-order valence-electron chi connectivity index (χ0n) is 16.5. The van der Waals surface area contributed by atoms with E-state index in [1.807, 2.05) is 6.92 Å². The van der Waals surface area contributed by atoms with E-state index in [0.29, 0.717) is 31.2 Å². The predicted molar refractivity (Wildman–Crippen MR) is 121 cm³/mol. The van der Waals surface area contributed by atoms with E-state index < -0.39 is 9.84 Å². The second-order valence-electron chi connectivity index (χ2n) is 6.68. The molecule has 3 N–H and O–H groups in total. The van der Waals surface area contributed by atoms with Crippen LogP contribution in [0, 0.1) is 5.82 Å². The molecule has 29 heavy (non-hydrogen) atoms. The van der Waals surface area contributed by atoms with Crippen LogP contribution < -0.4 is 20.7 Å². The van der Waals surface area contributed by atoms with Crippen molar-refractivity contribution in [2.75, 3.05) is 31.6 Å². The van der Waals surface area contributed by atoms with Crippen LogP contribution in [0.15, 0.2) is 29.3 Å². The highest BCUT2D eigenvalue weighted by molar-refractivity contribution is 14.0. The van der Waals surface area contributed by atoms with Gasteiger partial charge in [-0.1, -0.05) is 0 Å². The molecule has 1 saturated heterocycles. The fourth-order valence-corrected chi connectivity index (χ4v) is 4.42. The molecule has 1 amide bonds. The van der Waals surface area contributed by atoms with Crippen LogP contribution >= 0.6 is 24.0 Å². The molecule has 1 heterocycles. The van der Waals surface area contributed by atoms with Gasteiger partial charge in [-0.25, -0.2) is 12.8 Å². The number of nitrogens with one attached hydrogen (secondary N) is 3. The summed E-state index contributed by atoms with van der Waals surface area (Å²) in [7, 11) is -1.39. The summed E-state index contributed by atoms with van der Waals surface area (Å²) in [5.41, 5.74) is 0. The van der Waals surface area contributed by atoms with Crippen molar-refractivity contribution in [2.24, 2.45) is 4.99 Å². The summed E-state index contributed by atoms with van der Waals surface area (Å²) < 4.78 is 41.4. The number of carbonyl (C=O) groups excluding carboxylic acids is 1. The van der Waals surface area contributed by atoms with Gasteiger partial charge in [0, 0.05) is 26.1 Å². The van der Waals surface area contributed by atoms with Crippen LogP contribution in [0.5, 0.6) is 5.75 Å². The lowest BCUT2D eigenvalue weighted by molar-refractivity contribution is -0.121. The van der Waals surface area contributed by atoms with E-state index in [9.17, 15) is 17.6 Å². The highest BCUT2D eigenvalue weighted by atomic mass is 127. The van der Waals surface area contributed by atoms with Crippen LogP contribution in [0.25, 0.3) is 0 Å². The van der Waals surface area contributed by atoms with Gasteiger partial charge in [-0.3, -0.25) is 9.79 Å². The molecule has 2 unspecified atom stereocenters. The second-order valence-corrected chi connectivity index (χ2v) is 8.91. The summed E-state index contributed by atoms with van der Waals surface area (Å²) >= 11 is 0. The van der Waals surface area contributed by atoms with Crippen molar-refractivity contribution in [3.05, 3.63) is 30.1 Å². The molecule has 1 aliphatic heterocycles. The molecular weight excluding hydrogens is 514 g/mol. The third-order valence-electron chi connectivity index (χ3n) is 4.17. The van der Waals surface area contributed by atoms with Crippen molar-refractivity contribution in [1.82, 2.24) is 16.0 Å². The van der Waals surface area contributed by atoms with Crippen molar-refractivity contribution in [3.63, 3.8) is 0 Å². The van der Waals surface area contributed by atoms with Crippen molar-refractivity contribution >= 4 is 45.7 Å². The van der Waals surface area contributed by atoms with Crippen molar-refractivity contribution < 1.29 is 22.3 Å². The Labute approximate surface area is 188 Å². The van der Waals surface area contributed by atoms with Gasteiger partial charge in [0.15, 0.2) is 15.8 Å². The lowest BCUT2D eigenvalue weighted by Gasteiger charge is -2.18. The molecule has 0 spiro atoms. The van der Waals surface area contributed by atoms with Crippen molar-refractivity contribution in [2.45, 2.75) is 31.9 Å². The molecule has 1 fully saturated rings. The van der Waals surface area contributed by atoms with Gasteiger partial charge in [-0.05, 0) is 37.6 Å². The van der Waals surface area contributed by atoms with Gasteiger partial charge in [-0.2, -0.15) is 0 Å². The van der Waals surface area contributed by atoms with Crippen molar-refractivity contribution in [3.8, 4) is 5.75 Å². The summed E-state index contributed by atoms with van der Waals surface area (Å²) in [5.74, 6) is 0.723. The van der Waals surface area contributed by atoms with Gasteiger partial charge < -0.3 is 20.7 Å². The number of ether oxygens (including phenoxy) is 1. The normalized spacial score (nSPS) is 19.0. The number of nitrogens with zero attached hydrogens (tertiary/aromatic N) is 1. The monoisotopic (exact) mass is 542 g/mol. The molecule has 11 heteroatoms. The maximum Gasteiger partial charge on any atom is 0.222 e. The predicted octanol–water partition coefficient (Wildman–Crippen LogP) is 1.07. The molecule has 1 aromatic carbocycles. The van der Waals surface area contributed by atoms with Gasteiger partial charge in [0.25, 0.3) is 0 Å². The summed E-state index contributed by atoms with van der Waals surface area (Å²) in [6.07, 6.45) is 0.492. The Hall–Kier alpha value is -1.63. The average molecular weight is 542 g/mol. The van der Waals surface area contributed by atoms with E-state index in [4.69, 9.17) is 4.74 Å². The lowest BCUT2D eigenvalue weighted by atomic mass is 10.2. The Balaban J connectivity index is 0.00000420. The number of amides is 1. The summed E-state index contributed by atoms with van der Waals surface area (Å²) in [6, 6.07) is 5.50. The van der Waals surface area contributed by atoms with Gasteiger partial charge in [-0.15, -0.1) is 24.0 Å². The first kappa shape index (κ1) is 25.4. The van der Waals surface area contributed by atoms with Gasteiger partial charge in [0.1, 0.15) is 17.7 Å². The first-order chi connectivity index (χ1) is 13.3. The molecule has 1 aliphatic rings. The smallest absolute Gasteiger partial charge is 0.222 e. The fourth-order valence-electron chi connectivity index (χ4n) is 2.75. The Morgan fingerprint density at radius 3 is 2.59 bits per heavy atom. The Kier molecular flexibility index (Phi) is 10.6. The van der Waals surface area contributed by atoms with E-state index in [-0.39, 0.29) is 65.8 Å². The zero-order valence-corrected chi connectivity index (χ0v) is 19.6. The number of halogens is 2. The maximum absolute atomic E-state index is 12.9. The fraction of sp³-hybridized carbons (Fsp3) is 0.556. The molecular formula is C18H28FIN4O4S. The van der Waals surface area contributed by atoms with E-state index in [0.717, 1.165) is 0 Å². The van der Waals surface area contributed by atoms with Gasteiger partial charge in [0.2, 0.25) is 5.91 Å². The molecule has 0 radical (unpaired) electrons. The van der Waals surface area contributed by atoms with Crippen LogP contribution in [-0.2, 0) is 14.6 Å². The minimum Gasteiger partial charge on any atom is -0.489 e. The van der Waals surface area contributed by atoms with E-state index in [1.165, 1.54) is 12.1 Å². The number of carbonyl (C=O) groups is 1. The molecule has 0 aliphatic carbocycles. The van der Waals surface area contributed by atoms with Crippen LogP contribution in [0.1, 0.15) is 19.8 Å². The summed E-state index contributed by atoms with van der Waals surface area (Å²) in [5, 5.41) is 8.85. The molecule has 0 saturated carbocycles. The maximum atomic E-state index is 12.9. The quantitative estimate of drug-likeness (QED) is 0.258. The number of benzene rings is 1. The van der Waals surface area contributed by atoms with Crippen LogP contribution in [0.2, 0.25) is 0 Å². The number of hydrogen-bond donors (Lipinski definition) is 3. The third kappa shape index (κ3) is 9.61. The lowest BCUT2D eigenvalue weighted by Crippen LogP contribution is -2.43. The van der Waals surface area contributed by atoms with Gasteiger partial charge in [0.05, 0.1) is 18.1 Å². The molecule has 2 rings (SSSR count). The Morgan fingerprint density at radius 2 is 2.00 bits per heavy atom. The number of aliphatic imine (C=N–C) groups is 1. The zero-order chi connectivity index (χ0) is 20.6. The van der Waals surface area contributed by atoms with E-state index >= 15 is 0 Å². The highest BCUT2D eigenvalue weighted by Gasteiger charge is 2.28. The number of rotatable bonds is 8. The molecule has 0 aromatic heterocycles. The van der Waals surface area contributed by atoms with Crippen LogP contribution in [0.4, 0.5) is 4.39 Å². The van der Waals surface area contributed by atoms with Crippen LogP contribution in [0.3, 0.4) is 0 Å². The molecule has 1 aromatic rings. The van der Waals surface area contributed by atoms with Crippen molar-refractivity contribution in [1.29, 1.82) is 0 Å². The molecule has 8 nitrogen and oxygen atoms in total. The van der Waals surface area contributed by atoms with E-state index in [2.05, 4.69) is 20.9 Å². The molecule has 164 valence electrons. The third-order valence-corrected chi connectivity index (χ3v) is 5.94. The number of guanidine groups is 1. The Morgan fingerprint density at radius 1 is 1.31 bits per heavy atom. The number of sulfone groups is 1. The largest absolute Gasteiger partial charge is 0.489 e. The SMILES string of the molecule is CN=C(NCCC(=O)NC1CCS(=O)(=O)C1)NCC(C)Oc1ccc(F)cc1.I. The number of hydrogen-bond acceptors (Lipinski definition) is 5. The standard InChI is InChI=1S/C18H27FN4O4S.HI/c1-13(27-16-5-3-14(19)4-6-16)11-22-18(20-2)21-9-7-17(24)23-15-8-10-28(25,26)12-15;/h3-6,13,15H,7-12H2,1-2H3,(H,23,24)(H2,20,21,22);1H. The second kappa shape index (κ2) is 12.2. The Bertz CT molecular complexity index is 790. The van der Waals surface area contributed by atoms with Gasteiger partial charge >= 0.3 is 0 Å². The highest BCUT2D eigenvalue weighted by Crippen LogP contribution is 2.13. The van der Waals surface area contributed by atoms with Crippen LogP contribution in [-0.4, -0.2) is 64.1 Å². The van der Waals surface area contributed by atoms with E-state index in [1.54, 1.807) is 19.2 Å². The first-order valence-electron chi connectivity index (χ1n) is 9.14. The summed E-state index contributed by atoms with van der Waals surface area (Å²) in [6.45, 7) is 2.69. The first-order valence-corrected chi connectivity index (χ1v) is 11.0. The summed E-state index contributed by atoms with van der Waals surface area (Å²) in [4.78, 5) is 16.0. The minimum absolute atomic E-state index is 0. The minimum atomic E-state index is -3.01. The molecule has 0 bridgehead atoms. The topological polar surface area (TPSA) is 109 Å². The molecule has 2 atom stereocenters. The average Bonchev–Trinajstić information content (AvgIpc) is 2.98.